The van der Waals surface area contributed by atoms with E-state index in [1.54, 1.807) is 0 Å². The van der Waals surface area contributed by atoms with Gasteiger partial charge in [0.25, 0.3) is 0 Å². The molecule has 3 heteroatoms. The van der Waals surface area contributed by atoms with Gasteiger partial charge >= 0.3 is 0 Å². The molecule has 1 aliphatic carbocycles. The molecule has 0 spiro atoms. The molecule has 1 amide bonds. The van der Waals surface area contributed by atoms with Gasteiger partial charge in [0.15, 0.2) is 0 Å². The molecular formula is C13H24ClNO. The van der Waals surface area contributed by atoms with Gasteiger partial charge in [0, 0.05) is 23.8 Å². The van der Waals surface area contributed by atoms with Crippen molar-refractivity contribution < 1.29 is 4.79 Å². The van der Waals surface area contributed by atoms with E-state index in [-0.39, 0.29) is 17.2 Å². The second-order valence-electron chi connectivity index (χ2n) is 5.25. The molecule has 2 nitrogen and oxygen atoms in total. The maximum atomic E-state index is 11.8. The molecule has 1 rings (SSSR count). The number of rotatable bonds is 6. The molecular weight excluding hydrogens is 222 g/mol. The van der Waals surface area contributed by atoms with Crippen LogP contribution in [0.2, 0.25) is 0 Å². The molecule has 1 unspecified atom stereocenters. The zero-order chi connectivity index (χ0) is 12.0. The number of carbonyl (C=O) groups is 1. The molecule has 0 saturated heterocycles. The van der Waals surface area contributed by atoms with Crippen LogP contribution in [0.15, 0.2) is 0 Å². The monoisotopic (exact) mass is 245 g/mol. The number of hydrogen-bond donors (Lipinski definition) is 1. The molecule has 0 aromatic carbocycles. The number of amides is 1. The van der Waals surface area contributed by atoms with E-state index >= 15 is 0 Å². The molecule has 1 atom stereocenters. The van der Waals surface area contributed by atoms with Crippen molar-refractivity contribution >= 4 is 17.5 Å². The molecule has 94 valence electrons. The Kier molecular flexibility index (Phi) is 5.60. The summed E-state index contributed by atoms with van der Waals surface area (Å²) in [5.74, 6) is 1.01. The van der Waals surface area contributed by atoms with Gasteiger partial charge in [-0.05, 0) is 19.3 Å². The fourth-order valence-corrected chi connectivity index (χ4v) is 2.86. The highest BCUT2D eigenvalue weighted by Crippen LogP contribution is 2.38. The van der Waals surface area contributed by atoms with Crippen LogP contribution >= 0.6 is 11.6 Å². The van der Waals surface area contributed by atoms with Crippen LogP contribution in [-0.2, 0) is 4.79 Å². The minimum Gasteiger partial charge on any atom is -0.355 e. The lowest BCUT2D eigenvalue weighted by atomic mass is 9.88. The van der Waals surface area contributed by atoms with E-state index in [9.17, 15) is 4.79 Å². The third-order valence-corrected chi connectivity index (χ3v) is 4.32. The highest BCUT2D eigenvalue weighted by Gasteiger charge is 2.33. The van der Waals surface area contributed by atoms with Crippen LogP contribution < -0.4 is 5.32 Å². The van der Waals surface area contributed by atoms with Crippen molar-refractivity contribution in [2.45, 2.75) is 52.4 Å². The Morgan fingerprint density at radius 2 is 2.06 bits per heavy atom. The first-order valence-electron chi connectivity index (χ1n) is 6.47. The minimum absolute atomic E-state index is 0.138. The number of hydrogen-bond acceptors (Lipinski definition) is 1. The molecule has 1 fully saturated rings. The van der Waals surface area contributed by atoms with Crippen LogP contribution in [0.1, 0.15) is 52.4 Å². The van der Waals surface area contributed by atoms with Crippen LogP contribution in [-0.4, -0.2) is 18.3 Å². The molecule has 0 aromatic rings. The molecule has 0 radical (unpaired) electrons. The summed E-state index contributed by atoms with van der Waals surface area (Å²) >= 11 is 6.04. The molecule has 0 aromatic heterocycles. The van der Waals surface area contributed by atoms with Gasteiger partial charge in [-0.2, -0.15) is 0 Å². The summed E-state index contributed by atoms with van der Waals surface area (Å²) in [6, 6.07) is 0. The van der Waals surface area contributed by atoms with E-state index in [0.29, 0.717) is 5.88 Å². The van der Waals surface area contributed by atoms with Gasteiger partial charge in [-0.15, -0.1) is 11.6 Å². The van der Waals surface area contributed by atoms with E-state index in [4.69, 9.17) is 11.6 Å². The van der Waals surface area contributed by atoms with Crippen molar-refractivity contribution in [3.8, 4) is 0 Å². The molecule has 0 aliphatic heterocycles. The number of carbonyl (C=O) groups excluding carboxylic acids is 1. The van der Waals surface area contributed by atoms with Crippen LogP contribution in [0.3, 0.4) is 0 Å². The van der Waals surface area contributed by atoms with Crippen LogP contribution in [0.4, 0.5) is 0 Å². The molecule has 1 saturated carbocycles. The number of nitrogens with one attached hydrogen (secondary N) is 1. The van der Waals surface area contributed by atoms with E-state index in [0.717, 1.165) is 19.4 Å². The fraction of sp³-hybridized carbons (Fsp3) is 0.923. The van der Waals surface area contributed by atoms with Crippen LogP contribution in [0.25, 0.3) is 0 Å². The summed E-state index contributed by atoms with van der Waals surface area (Å²) < 4.78 is 0. The summed E-state index contributed by atoms with van der Waals surface area (Å²) in [5, 5.41) is 3.08. The third-order valence-electron chi connectivity index (χ3n) is 3.75. The molecule has 1 N–H and O–H groups in total. The molecule has 0 bridgehead atoms. The van der Waals surface area contributed by atoms with Crippen LogP contribution in [0.5, 0.6) is 0 Å². The lowest BCUT2D eigenvalue weighted by Gasteiger charge is -2.27. The summed E-state index contributed by atoms with van der Waals surface area (Å²) in [4.78, 5) is 11.8. The fourth-order valence-electron chi connectivity index (χ4n) is 2.50. The van der Waals surface area contributed by atoms with Gasteiger partial charge in [0.1, 0.15) is 0 Å². The first-order chi connectivity index (χ1) is 7.63. The quantitative estimate of drug-likeness (QED) is 0.715. The average molecular weight is 246 g/mol. The van der Waals surface area contributed by atoms with Crippen molar-refractivity contribution in [3.05, 3.63) is 0 Å². The Hall–Kier alpha value is -0.240. The number of alkyl halides is 1. The maximum Gasteiger partial charge on any atom is 0.222 e. The minimum atomic E-state index is 0.138. The smallest absolute Gasteiger partial charge is 0.222 e. The van der Waals surface area contributed by atoms with Crippen molar-refractivity contribution in [2.24, 2.45) is 11.3 Å². The highest BCUT2D eigenvalue weighted by atomic mass is 35.5. The van der Waals surface area contributed by atoms with E-state index in [1.807, 2.05) is 6.92 Å². The first kappa shape index (κ1) is 13.8. The average Bonchev–Trinajstić information content (AvgIpc) is 2.75. The van der Waals surface area contributed by atoms with Gasteiger partial charge in [-0.3, -0.25) is 4.79 Å². The third kappa shape index (κ3) is 3.65. The van der Waals surface area contributed by atoms with E-state index < -0.39 is 0 Å². The Morgan fingerprint density at radius 1 is 1.44 bits per heavy atom. The van der Waals surface area contributed by atoms with Gasteiger partial charge in [-0.25, -0.2) is 0 Å². The van der Waals surface area contributed by atoms with Crippen molar-refractivity contribution in [3.63, 3.8) is 0 Å². The second-order valence-corrected chi connectivity index (χ2v) is 5.52. The molecule has 1 aliphatic rings. The normalized spacial score (nSPS) is 20.7. The predicted octanol–water partition coefficient (Wildman–Crippen LogP) is 3.34. The lowest BCUT2D eigenvalue weighted by molar-refractivity contribution is -0.125. The Labute approximate surface area is 104 Å². The summed E-state index contributed by atoms with van der Waals surface area (Å²) in [7, 11) is 0. The Balaban J connectivity index is 2.35. The standard InChI is InChI=1S/C13H24ClNO/c1-3-6-11(2)12(16)15-10-13(9-14)7-4-5-8-13/h11H,3-10H2,1-2H3,(H,15,16). The summed E-state index contributed by atoms with van der Waals surface area (Å²) in [6.07, 6.45) is 6.88. The second kappa shape index (κ2) is 6.48. The SMILES string of the molecule is CCCC(C)C(=O)NCC1(CCl)CCCC1. The lowest BCUT2D eigenvalue weighted by Crippen LogP contribution is -2.39. The topological polar surface area (TPSA) is 29.1 Å². The summed E-state index contributed by atoms with van der Waals surface area (Å²) in [6.45, 7) is 4.88. The summed E-state index contributed by atoms with van der Waals surface area (Å²) in [5.41, 5.74) is 0.184. The van der Waals surface area contributed by atoms with Crippen molar-refractivity contribution in [2.75, 3.05) is 12.4 Å². The van der Waals surface area contributed by atoms with E-state index in [2.05, 4.69) is 12.2 Å². The Bertz CT molecular complexity index is 224. The van der Waals surface area contributed by atoms with Crippen LogP contribution in [0, 0.1) is 11.3 Å². The maximum absolute atomic E-state index is 11.8. The van der Waals surface area contributed by atoms with Crippen molar-refractivity contribution in [1.82, 2.24) is 5.32 Å². The highest BCUT2D eigenvalue weighted by molar-refractivity contribution is 6.18. The number of halogens is 1. The molecule has 16 heavy (non-hydrogen) atoms. The first-order valence-corrected chi connectivity index (χ1v) is 7.01. The molecule has 0 heterocycles. The largest absolute Gasteiger partial charge is 0.355 e. The zero-order valence-corrected chi connectivity index (χ0v) is 11.3. The van der Waals surface area contributed by atoms with Gasteiger partial charge in [-0.1, -0.05) is 33.1 Å². The zero-order valence-electron chi connectivity index (χ0n) is 10.5. The van der Waals surface area contributed by atoms with Gasteiger partial charge in [0.05, 0.1) is 0 Å². The van der Waals surface area contributed by atoms with Gasteiger partial charge in [0.2, 0.25) is 5.91 Å². The van der Waals surface area contributed by atoms with Crippen molar-refractivity contribution in [1.29, 1.82) is 0 Å². The van der Waals surface area contributed by atoms with E-state index in [1.165, 1.54) is 25.7 Å². The van der Waals surface area contributed by atoms with Gasteiger partial charge < -0.3 is 5.32 Å². The Morgan fingerprint density at radius 3 is 2.56 bits per heavy atom. The predicted molar refractivity (Wildman–Crippen MR) is 68.7 cm³/mol.